The van der Waals surface area contributed by atoms with Crippen LogP contribution >= 0.6 is 13.5 Å². The number of hydrogen-bond acceptors (Lipinski definition) is 3. The summed E-state index contributed by atoms with van der Waals surface area (Å²) < 4.78 is 10.6. The number of benzene rings is 1. The van der Waals surface area contributed by atoms with Crippen LogP contribution in [-0.2, 0) is 6.42 Å². The standard InChI is InChI=1S/C13H17NO2.H2S/c1-8(14-2)10-5-9-6-12(15-3)13(16-4)7-11(9)10;/h6-7,10,14H,1,5H2,2-4H3;1H2/t10-;/m1./s1. The number of ether oxygens (including phenoxy) is 2. The van der Waals surface area contributed by atoms with Crippen LogP contribution in [0.15, 0.2) is 24.4 Å². The van der Waals surface area contributed by atoms with Crippen LogP contribution in [0, 0.1) is 0 Å². The predicted molar refractivity (Wildman–Crippen MR) is 74.6 cm³/mol. The van der Waals surface area contributed by atoms with Crippen LogP contribution < -0.4 is 14.8 Å². The minimum atomic E-state index is 0. The molecule has 0 aromatic heterocycles. The van der Waals surface area contributed by atoms with Crippen LogP contribution in [0.5, 0.6) is 11.5 Å². The second-order valence-corrected chi connectivity index (χ2v) is 3.94. The zero-order valence-electron chi connectivity index (χ0n) is 10.5. The highest BCUT2D eigenvalue weighted by atomic mass is 32.1. The maximum absolute atomic E-state index is 5.29. The number of fused-ring (bicyclic) bond motifs is 1. The molecule has 0 fully saturated rings. The molecule has 1 aliphatic rings. The van der Waals surface area contributed by atoms with E-state index in [1.54, 1.807) is 14.2 Å². The maximum Gasteiger partial charge on any atom is 0.161 e. The molecule has 17 heavy (non-hydrogen) atoms. The van der Waals surface area contributed by atoms with Crippen molar-refractivity contribution in [1.82, 2.24) is 5.32 Å². The van der Waals surface area contributed by atoms with Gasteiger partial charge in [0.25, 0.3) is 0 Å². The monoisotopic (exact) mass is 253 g/mol. The summed E-state index contributed by atoms with van der Waals surface area (Å²) in [5, 5.41) is 3.11. The molecule has 94 valence electrons. The Balaban J connectivity index is 0.00000144. The highest BCUT2D eigenvalue weighted by molar-refractivity contribution is 7.59. The molecule has 0 aliphatic heterocycles. The lowest BCUT2D eigenvalue weighted by Gasteiger charge is -2.32. The summed E-state index contributed by atoms with van der Waals surface area (Å²) in [5.74, 6) is 1.99. The fraction of sp³-hybridized carbons (Fsp3) is 0.385. The first-order valence-electron chi connectivity index (χ1n) is 5.32. The van der Waals surface area contributed by atoms with E-state index < -0.39 is 0 Å². The summed E-state index contributed by atoms with van der Waals surface area (Å²) in [6.45, 7) is 4.01. The first kappa shape index (κ1) is 13.8. The second-order valence-electron chi connectivity index (χ2n) is 3.94. The van der Waals surface area contributed by atoms with Crippen molar-refractivity contribution in [3.63, 3.8) is 0 Å². The van der Waals surface area contributed by atoms with Gasteiger partial charge in [-0.2, -0.15) is 13.5 Å². The van der Waals surface area contributed by atoms with Gasteiger partial charge < -0.3 is 14.8 Å². The lowest BCUT2D eigenvalue weighted by atomic mass is 9.75. The van der Waals surface area contributed by atoms with Gasteiger partial charge in [0.1, 0.15) is 0 Å². The van der Waals surface area contributed by atoms with Gasteiger partial charge in [-0.05, 0) is 29.7 Å². The van der Waals surface area contributed by atoms with Crippen molar-refractivity contribution in [3.8, 4) is 11.5 Å². The Morgan fingerprint density at radius 2 is 1.88 bits per heavy atom. The number of likely N-dealkylation sites (N-methyl/N-ethyl adjacent to an activating group) is 1. The van der Waals surface area contributed by atoms with E-state index in [2.05, 4.69) is 11.9 Å². The Labute approximate surface area is 109 Å². The molecule has 1 atom stereocenters. The fourth-order valence-corrected chi connectivity index (χ4v) is 2.12. The van der Waals surface area contributed by atoms with Gasteiger partial charge in [0, 0.05) is 18.7 Å². The molecule has 0 amide bonds. The molecule has 0 bridgehead atoms. The van der Waals surface area contributed by atoms with Gasteiger partial charge in [0.05, 0.1) is 14.2 Å². The summed E-state index contributed by atoms with van der Waals surface area (Å²) in [6.07, 6.45) is 1.02. The van der Waals surface area contributed by atoms with Gasteiger partial charge in [-0.15, -0.1) is 0 Å². The SMILES string of the molecule is C=C(NC)[C@H]1Cc2cc(OC)c(OC)cc21.S. The summed E-state index contributed by atoms with van der Waals surface area (Å²) >= 11 is 0. The van der Waals surface area contributed by atoms with E-state index in [1.165, 1.54) is 11.1 Å². The van der Waals surface area contributed by atoms with E-state index >= 15 is 0 Å². The molecule has 2 rings (SSSR count). The zero-order chi connectivity index (χ0) is 11.7. The Morgan fingerprint density at radius 3 is 2.41 bits per heavy atom. The first-order valence-corrected chi connectivity index (χ1v) is 5.32. The molecular weight excluding hydrogens is 234 g/mol. The molecule has 1 aliphatic carbocycles. The quantitative estimate of drug-likeness (QED) is 0.892. The molecule has 1 N–H and O–H groups in total. The highest BCUT2D eigenvalue weighted by Crippen LogP contribution is 2.44. The van der Waals surface area contributed by atoms with Crippen molar-refractivity contribution in [3.05, 3.63) is 35.5 Å². The van der Waals surface area contributed by atoms with E-state index in [-0.39, 0.29) is 13.5 Å². The minimum absolute atomic E-state index is 0. The number of methoxy groups -OCH3 is 2. The molecular formula is C13H19NO2S. The van der Waals surface area contributed by atoms with Crippen molar-refractivity contribution in [2.24, 2.45) is 0 Å². The van der Waals surface area contributed by atoms with E-state index in [0.29, 0.717) is 5.92 Å². The van der Waals surface area contributed by atoms with Crippen molar-refractivity contribution in [1.29, 1.82) is 0 Å². The molecule has 1 aromatic rings. The lowest BCUT2D eigenvalue weighted by molar-refractivity contribution is 0.352. The fourth-order valence-electron chi connectivity index (χ4n) is 2.12. The average molecular weight is 253 g/mol. The van der Waals surface area contributed by atoms with Crippen LogP contribution in [-0.4, -0.2) is 21.3 Å². The molecule has 0 saturated heterocycles. The predicted octanol–water partition coefficient (Wildman–Crippen LogP) is 2.19. The largest absolute Gasteiger partial charge is 0.493 e. The third kappa shape index (κ3) is 2.22. The summed E-state index contributed by atoms with van der Waals surface area (Å²) in [4.78, 5) is 0. The van der Waals surface area contributed by atoms with E-state index in [4.69, 9.17) is 9.47 Å². The molecule has 0 saturated carbocycles. The third-order valence-corrected chi connectivity index (χ3v) is 3.19. The van der Waals surface area contributed by atoms with E-state index in [1.807, 2.05) is 19.2 Å². The number of nitrogens with one attached hydrogen (secondary N) is 1. The molecule has 4 heteroatoms. The van der Waals surface area contributed by atoms with Crippen molar-refractivity contribution >= 4 is 13.5 Å². The Morgan fingerprint density at radius 1 is 1.29 bits per heavy atom. The van der Waals surface area contributed by atoms with Crippen molar-refractivity contribution < 1.29 is 9.47 Å². The Hall–Kier alpha value is -1.29. The van der Waals surface area contributed by atoms with Crippen molar-refractivity contribution in [2.75, 3.05) is 21.3 Å². The lowest BCUT2D eigenvalue weighted by Crippen LogP contribution is -2.24. The molecule has 3 nitrogen and oxygen atoms in total. The number of rotatable bonds is 4. The molecule has 0 spiro atoms. The van der Waals surface area contributed by atoms with E-state index in [9.17, 15) is 0 Å². The number of hydrogen-bond donors (Lipinski definition) is 1. The van der Waals surface area contributed by atoms with Crippen LogP contribution in [0.25, 0.3) is 0 Å². The third-order valence-electron chi connectivity index (χ3n) is 3.19. The Bertz CT molecular complexity index is 432. The van der Waals surface area contributed by atoms with Crippen LogP contribution in [0.1, 0.15) is 17.0 Å². The van der Waals surface area contributed by atoms with Crippen LogP contribution in [0.3, 0.4) is 0 Å². The molecule has 1 aromatic carbocycles. The Kier molecular flexibility index (Phi) is 4.34. The van der Waals surface area contributed by atoms with E-state index in [0.717, 1.165) is 23.6 Å². The van der Waals surface area contributed by atoms with Crippen LogP contribution in [0.4, 0.5) is 0 Å². The first-order chi connectivity index (χ1) is 7.71. The average Bonchev–Trinajstić information content (AvgIpc) is 2.30. The summed E-state index contributed by atoms with van der Waals surface area (Å²) in [6, 6.07) is 4.10. The smallest absolute Gasteiger partial charge is 0.161 e. The van der Waals surface area contributed by atoms with Gasteiger partial charge in [-0.25, -0.2) is 0 Å². The van der Waals surface area contributed by atoms with Crippen molar-refractivity contribution in [2.45, 2.75) is 12.3 Å². The van der Waals surface area contributed by atoms with Crippen LogP contribution in [0.2, 0.25) is 0 Å². The minimum Gasteiger partial charge on any atom is -0.493 e. The summed E-state index contributed by atoms with van der Waals surface area (Å²) in [7, 11) is 5.22. The summed E-state index contributed by atoms with van der Waals surface area (Å²) in [5.41, 5.74) is 3.66. The highest BCUT2D eigenvalue weighted by Gasteiger charge is 2.30. The normalized spacial score (nSPS) is 16.1. The maximum atomic E-state index is 5.29. The van der Waals surface area contributed by atoms with Gasteiger partial charge in [-0.1, -0.05) is 6.58 Å². The van der Waals surface area contributed by atoms with Gasteiger partial charge in [0.2, 0.25) is 0 Å². The topological polar surface area (TPSA) is 30.5 Å². The molecule has 0 radical (unpaired) electrons. The van der Waals surface area contributed by atoms with Gasteiger partial charge in [0.15, 0.2) is 11.5 Å². The number of allylic oxidation sites excluding steroid dienone is 1. The molecule has 0 heterocycles. The zero-order valence-corrected chi connectivity index (χ0v) is 11.5. The van der Waals surface area contributed by atoms with Gasteiger partial charge >= 0.3 is 0 Å². The second kappa shape index (κ2) is 5.36. The van der Waals surface area contributed by atoms with Gasteiger partial charge in [-0.3, -0.25) is 0 Å². The molecule has 0 unspecified atom stereocenters.